The van der Waals surface area contributed by atoms with Crippen molar-refractivity contribution in [2.75, 3.05) is 13.1 Å². The number of amides is 1. The third-order valence-electron chi connectivity index (χ3n) is 5.35. The molecule has 5 heteroatoms. The molecule has 0 saturated heterocycles. The molecular weight excluding hydrogens is 324 g/mol. The molecule has 2 aromatic heterocycles. The van der Waals surface area contributed by atoms with E-state index in [1.165, 1.54) is 23.1 Å². The summed E-state index contributed by atoms with van der Waals surface area (Å²) in [7, 11) is 0. The quantitative estimate of drug-likeness (QED) is 0.663. The second kappa shape index (κ2) is 7.30. The van der Waals surface area contributed by atoms with Gasteiger partial charge in [0.1, 0.15) is 5.65 Å². The number of aromatic amines is 1. The number of nitrogens with one attached hydrogen (secondary N) is 2. The van der Waals surface area contributed by atoms with Gasteiger partial charge >= 0.3 is 0 Å². The number of hydrogen-bond acceptors (Lipinski definition) is 3. The highest BCUT2D eigenvalue weighted by molar-refractivity contribution is 5.94. The Morgan fingerprint density at radius 3 is 3.15 bits per heavy atom. The minimum atomic E-state index is -0.0212. The van der Waals surface area contributed by atoms with E-state index in [2.05, 4.69) is 21.4 Å². The van der Waals surface area contributed by atoms with Crippen LogP contribution in [0.15, 0.2) is 42.7 Å². The molecule has 0 bridgehead atoms. The van der Waals surface area contributed by atoms with E-state index in [9.17, 15) is 4.79 Å². The molecule has 0 saturated carbocycles. The van der Waals surface area contributed by atoms with Gasteiger partial charge in [-0.3, -0.25) is 4.79 Å². The Morgan fingerprint density at radius 1 is 1.35 bits per heavy atom. The van der Waals surface area contributed by atoms with Crippen LogP contribution in [-0.2, 0) is 12.8 Å². The van der Waals surface area contributed by atoms with Crippen LogP contribution in [0.3, 0.4) is 0 Å². The molecule has 1 unspecified atom stereocenters. The zero-order valence-corrected chi connectivity index (χ0v) is 14.8. The van der Waals surface area contributed by atoms with Crippen molar-refractivity contribution in [2.24, 2.45) is 5.73 Å². The lowest BCUT2D eigenvalue weighted by atomic mass is 9.82. The van der Waals surface area contributed by atoms with Crippen LogP contribution in [-0.4, -0.2) is 29.0 Å². The number of aromatic nitrogens is 2. The summed E-state index contributed by atoms with van der Waals surface area (Å²) in [6.45, 7) is 1.24. The van der Waals surface area contributed by atoms with E-state index in [-0.39, 0.29) is 5.91 Å². The Morgan fingerprint density at radius 2 is 2.27 bits per heavy atom. The highest BCUT2D eigenvalue weighted by atomic mass is 16.1. The van der Waals surface area contributed by atoms with Gasteiger partial charge in [0.05, 0.1) is 0 Å². The van der Waals surface area contributed by atoms with Crippen LogP contribution in [0.2, 0.25) is 0 Å². The molecular formula is C21H24N4O. The fourth-order valence-electron chi connectivity index (χ4n) is 3.92. The first-order valence-electron chi connectivity index (χ1n) is 9.28. The number of nitrogens with two attached hydrogens (primary N) is 1. The van der Waals surface area contributed by atoms with Crippen molar-refractivity contribution in [3.05, 3.63) is 65.0 Å². The molecule has 5 nitrogen and oxygen atoms in total. The second-order valence-corrected chi connectivity index (χ2v) is 6.96. The Balaban J connectivity index is 1.42. The topological polar surface area (TPSA) is 83.8 Å². The van der Waals surface area contributed by atoms with Crippen molar-refractivity contribution in [3.8, 4) is 0 Å². The summed E-state index contributed by atoms with van der Waals surface area (Å²) in [6, 6.07) is 10.0. The minimum absolute atomic E-state index is 0.0212. The average molecular weight is 348 g/mol. The highest BCUT2D eigenvalue weighted by Crippen LogP contribution is 2.31. The summed E-state index contributed by atoms with van der Waals surface area (Å²) in [5, 5.41) is 4.15. The third kappa shape index (κ3) is 3.22. The highest BCUT2D eigenvalue weighted by Gasteiger charge is 2.20. The number of hydrogen-bond donors (Lipinski definition) is 3. The fourth-order valence-corrected chi connectivity index (χ4v) is 3.92. The maximum absolute atomic E-state index is 12.6. The molecule has 1 amide bonds. The molecule has 4 rings (SSSR count). The molecule has 4 N–H and O–H groups in total. The minimum Gasteiger partial charge on any atom is -0.352 e. The van der Waals surface area contributed by atoms with Crippen LogP contribution in [0.4, 0.5) is 0 Å². The van der Waals surface area contributed by atoms with Gasteiger partial charge in [0.2, 0.25) is 0 Å². The van der Waals surface area contributed by atoms with Gasteiger partial charge in [-0.1, -0.05) is 6.07 Å². The van der Waals surface area contributed by atoms with Gasteiger partial charge in [0.25, 0.3) is 5.91 Å². The summed E-state index contributed by atoms with van der Waals surface area (Å²) in [5.74, 6) is 0.359. The van der Waals surface area contributed by atoms with Crippen LogP contribution in [0.25, 0.3) is 11.0 Å². The number of carbonyl (C=O) groups excluding carboxylic acids is 1. The van der Waals surface area contributed by atoms with Gasteiger partial charge in [-0.05, 0) is 79.1 Å². The van der Waals surface area contributed by atoms with E-state index >= 15 is 0 Å². The van der Waals surface area contributed by atoms with E-state index in [1.54, 1.807) is 6.20 Å². The van der Waals surface area contributed by atoms with Gasteiger partial charge in [-0.25, -0.2) is 4.98 Å². The van der Waals surface area contributed by atoms with Crippen molar-refractivity contribution in [2.45, 2.75) is 31.6 Å². The van der Waals surface area contributed by atoms with E-state index < -0.39 is 0 Å². The molecule has 26 heavy (non-hydrogen) atoms. The molecule has 1 aliphatic rings. The average Bonchev–Trinajstić information content (AvgIpc) is 3.10. The standard InChI is InChI=1S/C21H24N4O/c22-12-16-4-1-3-14-6-7-15(11-19(14)16)21(26)24-10-8-17-13-25-20-18(17)5-2-9-23-20/h2,5-7,9,11,13,16H,1,3-4,8,10,12,22H2,(H,23,25)(H,24,26). The summed E-state index contributed by atoms with van der Waals surface area (Å²) in [5.41, 5.74) is 11.3. The van der Waals surface area contributed by atoms with Crippen molar-refractivity contribution in [3.63, 3.8) is 0 Å². The first-order valence-corrected chi connectivity index (χ1v) is 9.28. The smallest absolute Gasteiger partial charge is 0.251 e. The number of fused-ring (bicyclic) bond motifs is 2. The Bertz CT molecular complexity index is 931. The number of H-pyrrole nitrogens is 1. The Labute approximate surface area is 153 Å². The van der Waals surface area contributed by atoms with Crippen molar-refractivity contribution in [1.29, 1.82) is 0 Å². The van der Waals surface area contributed by atoms with Gasteiger partial charge < -0.3 is 16.0 Å². The normalized spacial score (nSPS) is 16.4. The largest absolute Gasteiger partial charge is 0.352 e. The van der Waals surface area contributed by atoms with Crippen molar-refractivity contribution >= 4 is 16.9 Å². The number of carbonyl (C=O) groups is 1. The molecule has 0 aliphatic heterocycles. The predicted molar refractivity (Wildman–Crippen MR) is 103 cm³/mol. The third-order valence-corrected chi connectivity index (χ3v) is 5.35. The second-order valence-electron chi connectivity index (χ2n) is 6.96. The van der Waals surface area contributed by atoms with Gasteiger partial charge in [0.15, 0.2) is 0 Å². The lowest BCUT2D eigenvalue weighted by Gasteiger charge is -2.24. The molecule has 1 aliphatic carbocycles. The molecule has 0 spiro atoms. The molecule has 134 valence electrons. The lowest BCUT2D eigenvalue weighted by Crippen LogP contribution is -2.26. The summed E-state index contributed by atoms with van der Waals surface area (Å²) in [6.07, 6.45) is 7.89. The maximum atomic E-state index is 12.6. The molecule has 3 aromatic rings. The molecule has 1 aromatic carbocycles. The van der Waals surface area contributed by atoms with E-state index in [0.717, 1.165) is 35.9 Å². The van der Waals surface area contributed by atoms with Crippen molar-refractivity contribution in [1.82, 2.24) is 15.3 Å². The number of nitrogens with zero attached hydrogens (tertiary/aromatic N) is 1. The van der Waals surface area contributed by atoms with Gasteiger partial charge in [-0.2, -0.15) is 0 Å². The van der Waals surface area contributed by atoms with Crippen LogP contribution in [0.1, 0.15) is 45.8 Å². The van der Waals surface area contributed by atoms with Crippen LogP contribution >= 0.6 is 0 Å². The maximum Gasteiger partial charge on any atom is 0.251 e. The monoisotopic (exact) mass is 348 g/mol. The fraction of sp³-hybridized carbons (Fsp3) is 0.333. The first kappa shape index (κ1) is 16.8. The van der Waals surface area contributed by atoms with Gasteiger partial charge in [-0.15, -0.1) is 0 Å². The molecule has 0 radical (unpaired) electrons. The SMILES string of the molecule is NCC1CCCc2ccc(C(=O)NCCc3c[nH]c4ncccc34)cc21. The lowest BCUT2D eigenvalue weighted by molar-refractivity contribution is 0.0954. The van der Waals surface area contributed by atoms with Crippen LogP contribution in [0, 0.1) is 0 Å². The molecule has 0 fully saturated rings. The molecule has 2 heterocycles. The van der Waals surface area contributed by atoms with E-state index in [0.29, 0.717) is 19.0 Å². The summed E-state index contributed by atoms with van der Waals surface area (Å²) >= 11 is 0. The van der Waals surface area contributed by atoms with Crippen molar-refractivity contribution < 1.29 is 4.79 Å². The van der Waals surface area contributed by atoms with E-state index in [1.807, 2.05) is 30.5 Å². The van der Waals surface area contributed by atoms with Crippen LogP contribution < -0.4 is 11.1 Å². The number of pyridine rings is 1. The zero-order valence-electron chi connectivity index (χ0n) is 14.8. The number of aryl methyl sites for hydroxylation is 1. The summed E-state index contributed by atoms with van der Waals surface area (Å²) in [4.78, 5) is 20.0. The number of rotatable bonds is 5. The Hall–Kier alpha value is -2.66. The number of benzene rings is 1. The first-order chi connectivity index (χ1) is 12.8. The van der Waals surface area contributed by atoms with E-state index in [4.69, 9.17) is 5.73 Å². The predicted octanol–water partition coefficient (Wildman–Crippen LogP) is 2.91. The molecule has 1 atom stereocenters. The van der Waals surface area contributed by atoms with Crippen LogP contribution in [0.5, 0.6) is 0 Å². The Kier molecular flexibility index (Phi) is 4.71. The van der Waals surface area contributed by atoms with Gasteiger partial charge in [0, 0.05) is 29.9 Å². The summed E-state index contributed by atoms with van der Waals surface area (Å²) < 4.78 is 0. The zero-order chi connectivity index (χ0) is 17.9.